The molecular formula is C10H11N3S. The second-order valence-corrected chi connectivity index (χ2v) is 4.06. The Kier molecular flexibility index (Phi) is 2.86. The summed E-state index contributed by atoms with van der Waals surface area (Å²) in [6.07, 6.45) is 6.10. The molecule has 0 aromatic carbocycles. The zero-order valence-electron chi connectivity index (χ0n) is 7.68. The maximum atomic E-state index is 5.49. The molecule has 0 fully saturated rings. The molecule has 0 radical (unpaired) electrons. The van der Waals surface area contributed by atoms with Gasteiger partial charge < -0.3 is 5.73 Å². The van der Waals surface area contributed by atoms with Crippen LogP contribution in [0.1, 0.15) is 4.88 Å². The molecule has 2 aromatic rings. The lowest BCUT2D eigenvalue weighted by Crippen LogP contribution is -2.00. The number of nitrogens with two attached hydrogens (primary N) is 1. The summed E-state index contributed by atoms with van der Waals surface area (Å²) in [5, 5.41) is 0. The van der Waals surface area contributed by atoms with Gasteiger partial charge in [-0.2, -0.15) is 0 Å². The predicted octanol–water partition coefficient (Wildman–Crippen LogP) is 1.71. The quantitative estimate of drug-likeness (QED) is 0.829. The van der Waals surface area contributed by atoms with Crippen LogP contribution in [0.4, 0.5) is 0 Å². The van der Waals surface area contributed by atoms with Crippen molar-refractivity contribution < 1.29 is 0 Å². The van der Waals surface area contributed by atoms with Crippen molar-refractivity contribution in [3.63, 3.8) is 0 Å². The van der Waals surface area contributed by atoms with Crippen molar-refractivity contribution in [1.82, 2.24) is 9.97 Å². The second-order valence-electron chi connectivity index (χ2n) is 2.90. The molecule has 0 aliphatic heterocycles. The van der Waals surface area contributed by atoms with Crippen LogP contribution >= 0.6 is 11.3 Å². The van der Waals surface area contributed by atoms with Gasteiger partial charge in [-0.05, 0) is 25.1 Å². The van der Waals surface area contributed by atoms with Gasteiger partial charge in [0.2, 0.25) is 0 Å². The van der Waals surface area contributed by atoms with Gasteiger partial charge in [0.1, 0.15) is 0 Å². The van der Waals surface area contributed by atoms with Gasteiger partial charge in [-0.1, -0.05) is 0 Å². The van der Waals surface area contributed by atoms with E-state index in [4.69, 9.17) is 5.73 Å². The van der Waals surface area contributed by atoms with Gasteiger partial charge in [0.25, 0.3) is 0 Å². The molecule has 3 nitrogen and oxygen atoms in total. The highest BCUT2D eigenvalue weighted by molar-refractivity contribution is 7.15. The first kappa shape index (κ1) is 9.30. The van der Waals surface area contributed by atoms with E-state index in [2.05, 4.69) is 22.1 Å². The van der Waals surface area contributed by atoms with Gasteiger partial charge in [-0.25, -0.2) is 0 Å². The van der Waals surface area contributed by atoms with Crippen molar-refractivity contribution in [1.29, 1.82) is 0 Å². The van der Waals surface area contributed by atoms with E-state index < -0.39 is 0 Å². The average molecular weight is 205 g/mol. The molecule has 2 heterocycles. The van der Waals surface area contributed by atoms with Crippen molar-refractivity contribution in [2.24, 2.45) is 5.73 Å². The van der Waals surface area contributed by atoms with Crippen molar-refractivity contribution in [2.45, 2.75) is 6.42 Å². The van der Waals surface area contributed by atoms with Crippen LogP contribution in [0.15, 0.2) is 30.7 Å². The Labute approximate surface area is 86.6 Å². The van der Waals surface area contributed by atoms with Gasteiger partial charge in [0, 0.05) is 17.3 Å². The number of thiophene rings is 1. The molecule has 0 atom stereocenters. The number of nitrogens with zero attached hydrogens (tertiary/aromatic N) is 2. The summed E-state index contributed by atoms with van der Waals surface area (Å²) in [6, 6.07) is 4.17. The van der Waals surface area contributed by atoms with E-state index in [1.165, 1.54) is 4.88 Å². The van der Waals surface area contributed by atoms with E-state index >= 15 is 0 Å². The Morgan fingerprint density at radius 2 is 2.21 bits per heavy atom. The van der Waals surface area contributed by atoms with Crippen LogP contribution in [-0.4, -0.2) is 16.5 Å². The van der Waals surface area contributed by atoms with Gasteiger partial charge in [0.15, 0.2) is 0 Å². The van der Waals surface area contributed by atoms with Gasteiger partial charge in [-0.3, -0.25) is 9.97 Å². The molecule has 0 aliphatic carbocycles. The molecule has 0 unspecified atom stereocenters. The summed E-state index contributed by atoms with van der Waals surface area (Å²) < 4.78 is 0. The first-order valence-corrected chi connectivity index (χ1v) is 5.27. The first-order valence-electron chi connectivity index (χ1n) is 4.45. The average Bonchev–Trinajstić information content (AvgIpc) is 2.68. The van der Waals surface area contributed by atoms with Crippen molar-refractivity contribution in [3.8, 4) is 10.6 Å². The maximum absolute atomic E-state index is 5.49. The van der Waals surface area contributed by atoms with Crippen LogP contribution in [0, 0.1) is 0 Å². The molecule has 0 amide bonds. The third-order valence-corrected chi connectivity index (χ3v) is 3.04. The highest BCUT2D eigenvalue weighted by Gasteiger charge is 2.02. The Hall–Kier alpha value is -1.26. The molecule has 2 N–H and O–H groups in total. The van der Waals surface area contributed by atoms with Crippen LogP contribution in [0.25, 0.3) is 10.6 Å². The molecule has 0 spiro atoms. The molecular weight excluding hydrogens is 194 g/mol. The fourth-order valence-electron chi connectivity index (χ4n) is 1.22. The lowest BCUT2D eigenvalue weighted by molar-refractivity contribution is 0.989. The predicted molar refractivity (Wildman–Crippen MR) is 58.1 cm³/mol. The van der Waals surface area contributed by atoms with Crippen molar-refractivity contribution in [3.05, 3.63) is 35.6 Å². The smallest absolute Gasteiger partial charge is 0.0984 e. The summed E-state index contributed by atoms with van der Waals surface area (Å²) in [6.45, 7) is 0.695. The van der Waals surface area contributed by atoms with Crippen molar-refractivity contribution >= 4 is 11.3 Å². The molecule has 14 heavy (non-hydrogen) atoms. The summed E-state index contributed by atoms with van der Waals surface area (Å²) >= 11 is 1.73. The third-order valence-electron chi connectivity index (χ3n) is 1.87. The molecule has 0 saturated heterocycles. The number of rotatable bonds is 3. The third kappa shape index (κ3) is 1.97. The van der Waals surface area contributed by atoms with E-state index in [-0.39, 0.29) is 0 Å². The number of hydrogen-bond donors (Lipinski definition) is 1. The Morgan fingerprint density at radius 3 is 2.93 bits per heavy atom. The molecule has 72 valence electrons. The largest absolute Gasteiger partial charge is 0.330 e. The SMILES string of the molecule is NCCc1ccc(-c2cnccn2)s1. The van der Waals surface area contributed by atoms with Crippen LogP contribution in [0.3, 0.4) is 0 Å². The monoisotopic (exact) mass is 205 g/mol. The topological polar surface area (TPSA) is 51.8 Å². The first-order chi connectivity index (χ1) is 6.90. The van der Waals surface area contributed by atoms with Gasteiger partial charge >= 0.3 is 0 Å². The zero-order valence-corrected chi connectivity index (χ0v) is 8.50. The molecule has 4 heteroatoms. The van der Waals surface area contributed by atoms with Gasteiger partial charge in [-0.15, -0.1) is 11.3 Å². The van der Waals surface area contributed by atoms with E-state index in [9.17, 15) is 0 Å². The minimum absolute atomic E-state index is 0.695. The van der Waals surface area contributed by atoms with Gasteiger partial charge in [0.05, 0.1) is 16.8 Å². The molecule has 0 saturated carbocycles. The molecule has 0 bridgehead atoms. The van der Waals surface area contributed by atoms with E-state index in [1.807, 2.05) is 0 Å². The fourth-order valence-corrected chi connectivity index (χ4v) is 2.20. The zero-order chi connectivity index (χ0) is 9.80. The van der Waals surface area contributed by atoms with Crippen molar-refractivity contribution in [2.75, 3.05) is 6.54 Å². The fraction of sp³-hybridized carbons (Fsp3) is 0.200. The van der Waals surface area contributed by atoms with Crippen LogP contribution in [0.2, 0.25) is 0 Å². The van der Waals surface area contributed by atoms with Crippen LogP contribution in [-0.2, 0) is 6.42 Å². The number of aromatic nitrogens is 2. The highest BCUT2D eigenvalue weighted by atomic mass is 32.1. The highest BCUT2D eigenvalue weighted by Crippen LogP contribution is 2.25. The Morgan fingerprint density at radius 1 is 1.29 bits per heavy atom. The van der Waals surface area contributed by atoms with Crippen LogP contribution in [0.5, 0.6) is 0 Å². The molecule has 0 aliphatic rings. The van der Waals surface area contributed by atoms with E-state index in [1.54, 1.807) is 29.9 Å². The Bertz CT molecular complexity index is 397. The normalized spacial score (nSPS) is 10.4. The maximum Gasteiger partial charge on any atom is 0.0984 e. The second kappa shape index (κ2) is 4.30. The summed E-state index contributed by atoms with van der Waals surface area (Å²) in [4.78, 5) is 10.7. The Balaban J connectivity index is 2.25. The summed E-state index contributed by atoms with van der Waals surface area (Å²) in [7, 11) is 0. The lowest BCUT2D eigenvalue weighted by Gasteiger charge is -1.93. The molecule has 2 rings (SSSR count). The van der Waals surface area contributed by atoms with E-state index in [0.29, 0.717) is 6.54 Å². The van der Waals surface area contributed by atoms with Crippen LogP contribution < -0.4 is 5.73 Å². The standard InChI is InChI=1S/C10H11N3S/c11-4-3-8-1-2-10(14-8)9-7-12-5-6-13-9/h1-2,5-7H,3-4,11H2. The molecule has 2 aromatic heterocycles. The minimum atomic E-state index is 0.695. The number of hydrogen-bond acceptors (Lipinski definition) is 4. The summed E-state index contributed by atoms with van der Waals surface area (Å²) in [5.41, 5.74) is 6.42. The minimum Gasteiger partial charge on any atom is -0.330 e. The lowest BCUT2D eigenvalue weighted by atomic mass is 10.3. The summed E-state index contributed by atoms with van der Waals surface area (Å²) in [5.74, 6) is 0. The van der Waals surface area contributed by atoms with E-state index in [0.717, 1.165) is 17.0 Å².